The standard InChI is InChI=1S/C13H16N2S/c1-2-6-12-11(5-1)15-13(16-12)8-10-4-3-7-14-9-10/h1-2,5-6,10,14H,3-4,7-9H2/t10-/m1/s1. The largest absolute Gasteiger partial charge is 0.316 e. The van der Waals surface area contributed by atoms with Crippen LogP contribution in [0.2, 0.25) is 0 Å². The molecule has 1 aliphatic rings. The first kappa shape index (κ1) is 10.2. The van der Waals surface area contributed by atoms with Crippen molar-refractivity contribution in [3.63, 3.8) is 0 Å². The molecule has 3 rings (SSSR count). The van der Waals surface area contributed by atoms with Crippen molar-refractivity contribution in [3.05, 3.63) is 29.3 Å². The maximum absolute atomic E-state index is 4.70. The Kier molecular flexibility index (Phi) is 2.89. The molecule has 1 aliphatic heterocycles. The van der Waals surface area contributed by atoms with Crippen LogP contribution in [0.5, 0.6) is 0 Å². The van der Waals surface area contributed by atoms with Crippen molar-refractivity contribution in [1.29, 1.82) is 0 Å². The Balaban J connectivity index is 1.78. The van der Waals surface area contributed by atoms with Crippen molar-refractivity contribution >= 4 is 21.6 Å². The number of nitrogens with zero attached hydrogens (tertiary/aromatic N) is 1. The van der Waals surface area contributed by atoms with E-state index in [4.69, 9.17) is 4.98 Å². The minimum atomic E-state index is 0.786. The molecule has 2 aromatic rings. The highest BCUT2D eigenvalue weighted by Crippen LogP contribution is 2.25. The van der Waals surface area contributed by atoms with E-state index in [1.54, 1.807) is 0 Å². The molecular weight excluding hydrogens is 216 g/mol. The second kappa shape index (κ2) is 4.52. The first-order valence-electron chi connectivity index (χ1n) is 5.97. The number of fused-ring (bicyclic) bond motifs is 1. The molecule has 3 heteroatoms. The van der Waals surface area contributed by atoms with E-state index in [0.717, 1.165) is 24.4 Å². The lowest BCUT2D eigenvalue weighted by atomic mass is 9.97. The number of benzene rings is 1. The summed E-state index contributed by atoms with van der Waals surface area (Å²) in [5.74, 6) is 0.786. The minimum absolute atomic E-state index is 0.786. The van der Waals surface area contributed by atoms with Crippen molar-refractivity contribution in [1.82, 2.24) is 10.3 Å². The van der Waals surface area contributed by atoms with Crippen LogP contribution in [-0.4, -0.2) is 18.1 Å². The summed E-state index contributed by atoms with van der Waals surface area (Å²) in [4.78, 5) is 4.70. The average Bonchev–Trinajstić information content (AvgIpc) is 2.72. The first-order valence-corrected chi connectivity index (χ1v) is 6.78. The van der Waals surface area contributed by atoms with Gasteiger partial charge in [-0.2, -0.15) is 0 Å². The highest BCUT2D eigenvalue weighted by atomic mass is 32.1. The molecule has 1 atom stereocenters. The fourth-order valence-electron chi connectivity index (χ4n) is 2.35. The summed E-state index contributed by atoms with van der Waals surface area (Å²) >= 11 is 1.85. The Morgan fingerprint density at radius 1 is 1.38 bits per heavy atom. The van der Waals surface area contributed by atoms with Crippen LogP contribution in [0.3, 0.4) is 0 Å². The number of piperidine rings is 1. The van der Waals surface area contributed by atoms with E-state index in [1.807, 2.05) is 11.3 Å². The third-order valence-corrected chi connectivity index (χ3v) is 4.26. The van der Waals surface area contributed by atoms with Gasteiger partial charge in [0.25, 0.3) is 0 Å². The lowest BCUT2D eigenvalue weighted by Gasteiger charge is -2.21. The summed E-state index contributed by atoms with van der Waals surface area (Å²) in [6.45, 7) is 2.35. The van der Waals surface area contributed by atoms with Gasteiger partial charge in [-0.15, -0.1) is 11.3 Å². The van der Waals surface area contributed by atoms with E-state index in [-0.39, 0.29) is 0 Å². The summed E-state index contributed by atoms with van der Waals surface area (Å²) in [5.41, 5.74) is 1.16. The van der Waals surface area contributed by atoms with Crippen molar-refractivity contribution in [2.45, 2.75) is 19.3 Å². The average molecular weight is 232 g/mol. The number of hydrogen-bond acceptors (Lipinski definition) is 3. The van der Waals surface area contributed by atoms with Crippen LogP contribution >= 0.6 is 11.3 Å². The van der Waals surface area contributed by atoms with Gasteiger partial charge in [0, 0.05) is 6.42 Å². The number of nitrogens with one attached hydrogen (secondary N) is 1. The fraction of sp³-hybridized carbons (Fsp3) is 0.462. The van der Waals surface area contributed by atoms with E-state index in [2.05, 4.69) is 29.6 Å². The minimum Gasteiger partial charge on any atom is -0.316 e. The van der Waals surface area contributed by atoms with Crippen LogP contribution < -0.4 is 5.32 Å². The number of thiazole rings is 1. The number of aromatic nitrogens is 1. The second-order valence-corrected chi connectivity index (χ2v) is 5.61. The third kappa shape index (κ3) is 2.11. The van der Waals surface area contributed by atoms with Crippen LogP contribution in [0.4, 0.5) is 0 Å². The van der Waals surface area contributed by atoms with Gasteiger partial charge in [-0.3, -0.25) is 0 Å². The van der Waals surface area contributed by atoms with E-state index in [9.17, 15) is 0 Å². The molecule has 16 heavy (non-hydrogen) atoms. The molecule has 0 bridgehead atoms. The monoisotopic (exact) mass is 232 g/mol. The summed E-state index contributed by atoms with van der Waals surface area (Å²) < 4.78 is 1.32. The van der Waals surface area contributed by atoms with Gasteiger partial charge in [0.2, 0.25) is 0 Å². The van der Waals surface area contributed by atoms with E-state index >= 15 is 0 Å². The van der Waals surface area contributed by atoms with Crippen LogP contribution in [0, 0.1) is 5.92 Å². The van der Waals surface area contributed by atoms with E-state index in [0.29, 0.717) is 0 Å². The van der Waals surface area contributed by atoms with Gasteiger partial charge in [0.05, 0.1) is 15.2 Å². The fourth-order valence-corrected chi connectivity index (χ4v) is 3.43. The number of hydrogen-bond donors (Lipinski definition) is 1. The predicted octanol–water partition coefficient (Wildman–Crippen LogP) is 2.84. The molecule has 0 aliphatic carbocycles. The van der Waals surface area contributed by atoms with Gasteiger partial charge >= 0.3 is 0 Å². The maximum atomic E-state index is 4.70. The van der Waals surface area contributed by atoms with Gasteiger partial charge in [-0.1, -0.05) is 12.1 Å². The van der Waals surface area contributed by atoms with Crippen molar-refractivity contribution < 1.29 is 0 Å². The quantitative estimate of drug-likeness (QED) is 0.861. The third-order valence-electron chi connectivity index (χ3n) is 3.20. The molecule has 0 unspecified atom stereocenters. The topological polar surface area (TPSA) is 24.9 Å². The molecule has 2 nitrogen and oxygen atoms in total. The summed E-state index contributed by atoms with van der Waals surface area (Å²) in [6.07, 6.45) is 3.81. The zero-order valence-corrected chi connectivity index (χ0v) is 10.1. The van der Waals surface area contributed by atoms with Crippen molar-refractivity contribution in [3.8, 4) is 0 Å². The maximum Gasteiger partial charge on any atom is 0.0941 e. The lowest BCUT2D eigenvalue weighted by Crippen LogP contribution is -2.30. The van der Waals surface area contributed by atoms with Gasteiger partial charge in [0.15, 0.2) is 0 Å². The summed E-state index contributed by atoms with van der Waals surface area (Å²) in [5, 5.41) is 4.77. The van der Waals surface area contributed by atoms with Gasteiger partial charge in [0.1, 0.15) is 0 Å². The Morgan fingerprint density at radius 3 is 3.12 bits per heavy atom. The van der Waals surface area contributed by atoms with Gasteiger partial charge in [-0.05, 0) is 44.0 Å². The van der Waals surface area contributed by atoms with Crippen LogP contribution in [-0.2, 0) is 6.42 Å². The number of para-hydroxylation sites is 1. The Bertz CT molecular complexity index is 438. The summed E-state index contributed by atoms with van der Waals surface area (Å²) in [7, 11) is 0. The molecule has 1 aromatic heterocycles. The molecule has 0 spiro atoms. The van der Waals surface area contributed by atoms with Crippen molar-refractivity contribution in [2.24, 2.45) is 5.92 Å². The van der Waals surface area contributed by atoms with E-state index in [1.165, 1.54) is 29.1 Å². The molecule has 1 aromatic carbocycles. The molecule has 1 N–H and O–H groups in total. The Morgan fingerprint density at radius 2 is 2.31 bits per heavy atom. The number of rotatable bonds is 2. The summed E-state index contributed by atoms with van der Waals surface area (Å²) in [6, 6.07) is 8.42. The smallest absolute Gasteiger partial charge is 0.0941 e. The van der Waals surface area contributed by atoms with Crippen molar-refractivity contribution in [2.75, 3.05) is 13.1 Å². The zero-order chi connectivity index (χ0) is 10.8. The van der Waals surface area contributed by atoms with Crippen LogP contribution in [0.25, 0.3) is 10.2 Å². The highest BCUT2D eigenvalue weighted by Gasteiger charge is 2.15. The molecule has 1 fully saturated rings. The highest BCUT2D eigenvalue weighted by molar-refractivity contribution is 7.18. The molecule has 84 valence electrons. The zero-order valence-electron chi connectivity index (χ0n) is 9.28. The second-order valence-electron chi connectivity index (χ2n) is 4.49. The molecule has 0 radical (unpaired) electrons. The lowest BCUT2D eigenvalue weighted by molar-refractivity contribution is 0.376. The molecule has 1 saturated heterocycles. The first-order chi connectivity index (χ1) is 7.92. The van der Waals surface area contributed by atoms with Crippen LogP contribution in [0.15, 0.2) is 24.3 Å². The molecule has 2 heterocycles. The normalized spacial score (nSPS) is 21.4. The van der Waals surface area contributed by atoms with Gasteiger partial charge < -0.3 is 5.32 Å². The molecule has 0 amide bonds. The predicted molar refractivity (Wildman–Crippen MR) is 68.9 cm³/mol. The Hall–Kier alpha value is -0.930. The molecular formula is C13H16N2S. The van der Waals surface area contributed by atoms with E-state index < -0.39 is 0 Å². The van der Waals surface area contributed by atoms with Gasteiger partial charge in [-0.25, -0.2) is 4.98 Å². The SMILES string of the molecule is c1ccc2sc(C[C@H]3CCCNC3)nc2c1. The molecule has 0 saturated carbocycles. The van der Waals surface area contributed by atoms with Crippen LogP contribution in [0.1, 0.15) is 17.8 Å². The Labute approximate surface area is 99.7 Å².